The van der Waals surface area contributed by atoms with Gasteiger partial charge in [0.2, 0.25) is 5.91 Å². The highest BCUT2D eigenvalue weighted by atomic mass is 16.5. The molecule has 4 rings (SSSR count). The SMILES string of the molecule is COc1ccc(-c2cn(CC(=O)Nc3cccc(C(C)=O)c3)nc2N2CCOCC2)cc1. The Morgan fingerprint density at radius 3 is 2.56 bits per heavy atom. The highest BCUT2D eigenvalue weighted by molar-refractivity contribution is 5.97. The molecule has 32 heavy (non-hydrogen) atoms. The maximum atomic E-state index is 12.7. The molecular weight excluding hydrogens is 408 g/mol. The van der Waals surface area contributed by atoms with Gasteiger partial charge in [-0.25, -0.2) is 0 Å². The second-order valence-corrected chi connectivity index (χ2v) is 7.58. The Morgan fingerprint density at radius 2 is 1.88 bits per heavy atom. The highest BCUT2D eigenvalue weighted by Gasteiger charge is 2.21. The number of carbonyl (C=O) groups excluding carboxylic acids is 2. The topological polar surface area (TPSA) is 85.7 Å². The van der Waals surface area contributed by atoms with Crippen molar-refractivity contribution < 1.29 is 19.1 Å². The largest absolute Gasteiger partial charge is 0.497 e. The van der Waals surface area contributed by atoms with Gasteiger partial charge >= 0.3 is 0 Å². The average Bonchev–Trinajstić information content (AvgIpc) is 3.23. The molecular formula is C24H26N4O4. The fourth-order valence-corrected chi connectivity index (χ4v) is 3.64. The van der Waals surface area contributed by atoms with E-state index in [0.29, 0.717) is 24.5 Å². The number of morpholine rings is 1. The maximum Gasteiger partial charge on any atom is 0.246 e. The van der Waals surface area contributed by atoms with Crippen molar-refractivity contribution >= 4 is 23.2 Å². The van der Waals surface area contributed by atoms with E-state index in [9.17, 15) is 9.59 Å². The van der Waals surface area contributed by atoms with Gasteiger partial charge in [0.1, 0.15) is 12.3 Å². The molecule has 1 aliphatic rings. The number of benzene rings is 2. The van der Waals surface area contributed by atoms with Gasteiger partial charge in [0.15, 0.2) is 11.6 Å². The van der Waals surface area contributed by atoms with E-state index in [-0.39, 0.29) is 18.2 Å². The van der Waals surface area contributed by atoms with Crippen LogP contribution in [0.2, 0.25) is 0 Å². The predicted molar refractivity (Wildman–Crippen MR) is 122 cm³/mol. The smallest absolute Gasteiger partial charge is 0.246 e. The number of hydrogen-bond acceptors (Lipinski definition) is 6. The molecule has 0 bridgehead atoms. The summed E-state index contributed by atoms with van der Waals surface area (Å²) in [7, 11) is 1.64. The minimum absolute atomic E-state index is 0.0486. The van der Waals surface area contributed by atoms with Gasteiger partial charge in [-0.05, 0) is 36.8 Å². The van der Waals surface area contributed by atoms with Crippen LogP contribution in [0.15, 0.2) is 54.7 Å². The van der Waals surface area contributed by atoms with E-state index in [4.69, 9.17) is 14.6 Å². The molecule has 1 N–H and O–H groups in total. The number of aromatic nitrogens is 2. The van der Waals surface area contributed by atoms with E-state index in [1.165, 1.54) is 6.92 Å². The average molecular weight is 434 g/mol. The number of hydrogen-bond donors (Lipinski definition) is 1. The van der Waals surface area contributed by atoms with Crippen molar-refractivity contribution in [1.29, 1.82) is 0 Å². The second kappa shape index (κ2) is 9.65. The molecule has 0 radical (unpaired) electrons. The van der Waals surface area contributed by atoms with Crippen molar-refractivity contribution in [2.75, 3.05) is 43.6 Å². The number of nitrogens with zero attached hydrogens (tertiary/aromatic N) is 3. The first-order valence-electron chi connectivity index (χ1n) is 10.5. The van der Waals surface area contributed by atoms with Crippen LogP contribution in [0.1, 0.15) is 17.3 Å². The lowest BCUT2D eigenvalue weighted by Crippen LogP contribution is -2.36. The van der Waals surface area contributed by atoms with Crippen molar-refractivity contribution in [3.63, 3.8) is 0 Å². The van der Waals surface area contributed by atoms with Gasteiger partial charge in [-0.1, -0.05) is 24.3 Å². The Balaban J connectivity index is 1.56. The molecule has 0 aliphatic carbocycles. The lowest BCUT2D eigenvalue weighted by Gasteiger charge is -2.27. The maximum absolute atomic E-state index is 12.7. The van der Waals surface area contributed by atoms with Crippen molar-refractivity contribution in [2.45, 2.75) is 13.5 Å². The van der Waals surface area contributed by atoms with Crippen LogP contribution < -0.4 is 15.0 Å². The molecule has 1 aromatic heterocycles. The molecule has 1 fully saturated rings. The normalized spacial score (nSPS) is 13.6. The number of amides is 1. The van der Waals surface area contributed by atoms with Gasteiger partial charge in [-0.2, -0.15) is 5.10 Å². The quantitative estimate of drug-likeness (QED) is 0.575. The second-order valence-electron chi connectivity index (χ2n) is 7.58. The predicted octanol–water partition coefficient (Wildman–Crippen LogP) is 3.24. The van der Waals surface area contributed by atoms with E-state index >= 15 is 0 Å². The molecule has 3 aromatic rings. The summed E-state index contributed by atoms with van der Waals surface area (Å²) in [5.41, 5.74) is 3.07. The molecule has 2 heterocycles. The molecule has 1 aliphatic heterocycles. The Bertz CT molecular complexity index is 1100. The third-order valence-corrected chi connectivity index (χ3v) is 5.31. The number of rotatable bonds is 7. The van der Waals surface area contributed by atoms with Crippen LogP contribution >= 0.6 is 0 Å². The zero-order valence-corrected chi connectivity index (χ0v) is 18.2. The summed E-state index contributed by atoms with van der Waals surface area (Å²) in [5.74, 6) is 1.33. The van der Waals surface area contributed by atoms with E-state index in [2.05, 4.69) is 10.2 Å². The fraction of sp³-hybridized carbons (Fsp3) is 0.292. The van der Waals surface area contributed by atoms with Crippen LogP contribution in [-0.4, -0.2) is 54.9 Å². The first kappa shape index (κ1) is 21.6. The monoisotopic (exact) mass is 434 g/mol. The minimum Gasteiger partial charge on any atom is -0.497 e. The van der Waals surface area contributed by atoms with E-state index < -0.39 is 0 Å². The zero-order valence-electron chi connectivity index (χ0n) is 18.2. The van der Waals surface area contributed by atoms with Crippen molar-refractivity contribution in [2.24, 2.45) is 0 Å². The van der Waals surface area contributed by atoms with Gasteiger partial charge in [0.25, 0.3) is 0 Å². The van der Waals surface area contributed by atoms with Crippen LogP contribution in [0.25, 0.3) is 11.1 Å². The molecule has 0 atom stereocenters. The van der Waals surface area contributed by atoms with Gasteiger partial charge in [0.05, 0.1) is 20.3 Å². The van der Waals surface area contributed by atoms with Crippen molar-refractivity contribution in [3.05, 3.63) is 60.3 Å². The number of methoxy groups -OCH3 is 1. The number of ketones is 1. The molecule has 1 amide bonds. The Kier molecular flexibility index (Phi) is 6.51. The number of anilines is 2. The minimum atomic E-state index is -0.219. The molecule has 0 spiro atoms. The molecule has 1 saturated heterocycles. The van der Waals surface area contributed by atoms with Crippen molar-refractivity contribution in [1.82, 2.24) is 9.78 Å². The summed E-state index contributed by atoms with van der Waals surface area (Å²) in [5, 5.41) is 7.57. The summed E-state index contributed by atoms with van der Waals surface area (Å²) in [6, 6.07) is 14.7. The fourth-order valence-electron chi connectivity index (χ4n) is 3.64. The Morgan fingerprint density at radius 1 is 1.12 bits per heavy atom. The Hall–Kier alpha value is -3.65. The van der Waals surface area contributed by atoms with Crippen LogP contribution in [0.3, 0.4) is 0 Å². The van der Waals surface area contributed by atoms with E-state index in [1.807, 2.05) is 30.5 Å². The summed E-state index contributed by atoms with van der Waals surface area (Å²) < 4.78 is 12.4. The van der Waals surface area contributed by atoms with Crippen LogP contribution in [-0.2, 0) is 16.1 Å². The molecule has 0 unspecified atom stereocenters. The summed E-state index contributed by atoms with van der Waals surface area (Å²) in [6.07, 6.45) is 1.89. The summed E-state index contributed by atoms with van der Waals surface area (Å²) in [4.78, 5) is 26.4. The van der Waals surface area contributed by atoms with Gasteiger partial charge in [0, 0.05) is 36.1 Å². The standard InChI is InChI=1S/C24H26N4O4/c1-17(29)19-4-3-5-20(14-19)25-23(30)16-28-15-22(18-6-8-21(31-2)9-7-18)24(26-28)27-10-12-32-13-11-27/h3-9,14-15H,10-13,16H2,1-2H3,(H,25,30). The van der Waals surface area contributed by atoms with Gasteiger partial charge < -0.3 is 19.7 Å². The molecule has 2 aromatic carbocycles. The summed E-state index contributed by atoms with van der Waals surface area (Å²) >= 11 is 0. The number of carbonyl (C=O) groups is 2. The number of Topliss-reactive ketones (excluding diaryl/α,β-unsaturated/α-hetero) is 1. The molecule has 166 valence electrons. The van der Waals surface area contributed by atoms with Gasteiger partial charge in [-0.15, -0.1) is 0 Å². The molecule has 8 nitrogen and oxygen atoms in total. The van der Waals surface area contributed by atoms with Gasteiger partial charge in [-0.3, -0.25) is 14.3 Å². The van der Waals surface area contributed by atoms with E-state index in [1.54, 1.807) is 36.1 Å². The third kappa shape index (κ3) is 4.97. The van der Waals surface area contributed by atoms with Crippen LogP contribution in [0, 0.1) is 0 Å². The molecule has 0 saturated carbocycles. The first-order valence-corrected chi connectivity index (χ1v) is 10.5. The molecule has 8 heteroatoms. The third-order valence-electron chi connectivity index (χ3n) is 5.31. The Labute approximate surface area is 186 Å². The lowest BCUT2D eigenvalue weighted by molar-refractivity contribution is -0.116. The number of nitrogens with one attached hydrogen (secondary N) is 1. The number of ether oxygens (including phenoxy) is 2. The summed E-state index contributed by atoms with van der Waals surface area (Å²) in [6.45, 7) is 4.31. The first-order chi connectivity index (χ1) is 15.5. The zero-order chi connectivity index (χ0) is 22.5. The van der Waals surface area contributed by atoms with Crippen LogP contribution in [0.4, 0.5) is 11.5 Å². The van der Waals surface area contributed by atoms with E-state index in [0.717, 1.165) is 35.8 Å². The van der Waals surface area contributed by atoms with Crippen molar-refractivity contribution in [3.8, 4) is 16.9 Å². The lowest BCUT2D eigenvalue weighted by atomic mass is 10.1. The van der Waals surface area contributed by atoms with Crippen LogP contribution in [0.5, 0.6) is 5.75 Å². The highest BCUT2D eigenvalue weighted by Crippen LogP contribution is 2.31.